The molecule has 1 unspecified atom stereocenters. The molecule has 0 aromatic heterocycles. The zero-order valence-corrected chi connectivity index (χ0v) is 12.1. The van der Waals surface area contributed by atoms with Gasteiger partial charge in [0.25, 0.3) is 0 Å². The molecule has 1 aliphatic rings. The van der Waals surface area contributed by atoms with Gasteiger partial charge in [-0.05, 0) is 56.5 Å². The molecule has 1 atom stereocenters. The molecule has 94 valence electrons. The second kappa shape index (κ2) is 5.87. The van der Waals surface area contributed by atoms with Crippen molar-refractivity contribution in [2.75, 3.05) is 13.2 Å². The van der Waals surface area contributed by atoms with Crippen molar-refractivity contribution < 1.29 is 4.74 Å². The Hall–Kier alpha value is -0.540. The first-order valence-electron chi connectivity index (χ1n) is 6.30. The Bertz CT molecular complexity index is 363. The van der Waals surface area contributed by atoms with E-state index < -0.39 is 0 Å². The van der Waals surface area contributed by atoms with Crippen LogP contribution in [-0.2, 0) is 0 Å². The summed E-state index contributed by atoms with van der Waals surface area (Å²) in [7, 11) is 0. The lowest BCUT2D eigenvalue weighted by Gasteiger charge is -2.23. The van der Waals surface area contributed by atoms with Crippen molar-refractivity contribution in [2.45, 2.75) is 39.2 Å². The molecule has 0 aliphatic carbocycles. The summed E-state index contributed by atoms with van der Waals surface area (Å²) in [6.07, 6.45) is 3.85. The number of benzene rings is 1. The summed E-state index contributed by atoms with van der Waals surface area (Å²) >= 11 is 3.57. The Morgan fingerprint density at radius 1 is 1.29 bits per heavy atom. The minimum Gasteiger partial charge on any atom is -0.492 e. The Labute approximate surface area is 112 Å². The van der Waals surface area contributed by atoms with E-state index >= 15 is 0 Å². The number of nitrogens with one attached hydrogen (secondary N) is 1. The maximum atomic E-state index is 5.88. The lowest BCUT2D eigenvalue weighted by atomic mass is 10.1. The number of halogens is 1. The summed E-state index contributed by atoms with van der Waals surface area (Å²) in [4.78, 5) is 0. The number of rotatable bonds is 3. The van der Waals surface area contributed by atoms with Crippen LogP contribution in [0.25, 0.3) is 0 Å². The normalized spacial score (nSPS) is 20.3. The molecule has 0 bridgehead atoms. The monoisotopic (exact) mass is 297 g/mol. The summed E-state index contributed by atoms with van der Waals surface area (Å²) in [5, 5.41) is 3.50. The molecule has 0 spiro atoms. The van der Waals surface area contributed by atoms with Gasteiger partial charge in [-0.25, -0.2) is 0 Å². The van der Waals surface area contributed by atoms with Gasteiger partial charge in [0, 0.05) is 10.5 Å². The lowest BCUT2D eigenvalue weighted by molar-refractivity contribution is 0.239. The molecule has 1 aromatic carbocycles. The van der Waals surface area contributed by atoms with Crippen LogP contribution < -0.4 is 10.1 Å². The number of aryl methyl sites for hydroxylation is 2. The van der Waals surface area contributed by atoms with E-state index in [1.54, 1.807) is 0 Å². The molecule has 1 N–H and O–H groups in total. The first-order valence-corrected chi connectivity index (χ1v) is 7.09. The Morgan fingerprint density at radius 2 is 2.00 bits per heavy atom. The van der Waals surface area contributed by atoms with Gasteiger partial charge in [-0.15, -0.1) is 0 Å². The molecule has 0 radical (unpaired) electrons. The smallest absolute Gasteiger partial charge is 0.119 e. The van der Waals surface area contributed by atoms with Crippen LogP contribution in [0.4, 0.5) is 0 Å². The average molecular weight is 298 g/mol. The van der Waals surface area contributed by atoms with E-state index in [2.05, 4.69) is 47.2 Å². The predicted octanol–water partition coefficient (Wildman–Crippen LogP) is 3.59. The van der Waals surface area contributed by atoms with Crippen molar-refractivity contribution in [3.63, 3.8) is 0 Å². The quantitative estimate of drug-likeness (QED) is 0.921. The van der Waals surface area contributed by atoms with Gasteiger partial charge < -0.3 is 10.1 Å². The number of piperidine rings is 1. The summed E-state index contributed by atoms with van der Waals surface area (Å²) < 4.78 is 7.06. The standard InChI is InChI=1S/C14H20BrNO/c1-10-7-13(8-11(2)14(10)15)17-9-12-5-3-4-6-16-12/h7-8,12,16H,3-6,9H2,1-2H3. The van der Waals surface area contributed by atoms with E-state index in [1.807, 2.05) is 0 Å². The molecule has 0 saturated carbocycles. The van der Waals surface area contributed by atoms with Gasteiger partial charge in [0.2, 0.25) is 0 Å². The second-order valence-corrected chi connectivity index (χ2v) is 5.62. The third-order valence-electron chi connectivity index (χ3n) is 3.27. The van der Waals surface area contributed by atoms with Crippen molar-refractivity contribution >= 4 is 15.9 Å². The Morgan fingerprint density at radius 3 is 2.59 bits per heavy atom. The highest BCUT2D eigenvalue weighted by molar-refractivity contribution is 9.10. The van der Waals surface area contributed by atoms with Gasteiger partial charge in [-0.2, -0.15) is 0 Å². The molecular formula is C14H20BrNO. The van der Waals surface area contributed by atoms with E-state index in [9.17, 15) is 0 Å². The maximum absolute atomic E-state index is 5.88. The fourth-order valence-electron chi connectivity index (χ4n) is 2.25. The van der Waals surface area contributed by atoms with Gasteiger partial charge in [-0.3, -0.25) is 0 Å². The Kier molecular flexibility index (Phi) is 4.46. The molecule has 1 aliphatic heterocycles. The van der Waals surface area contributed by atoms with Crippen LogP contribution >= 0.6 is 15.9 Å². The second-order valence-electron chi connectivity index (χ2n) is 4.83. The van der Waals surface area contributed by atoms with Crippen LogP contribution in [0.2, 0.25) is 0 Å². The third kappa shape index (κ3) is 3.46. The molecule has 1 aromatic rings. The summed E-state index contributed by atoms with van der Waals surface area (Å²) in [5.74, 6) is 0.982. The lowest BCUT2D eigenvalue weighted by Crippen LogP contribution is -2.38. The van der Waals surface area contributed by atoms with Gasteiger partial charge in [0.1, 0.15) is 12.4 Å². The van der Waals surface area contributed by atoms with E-state index in [-0.39, 0.29) is 0 Å². The van der Waals surface area contributed by atoms with Crippen LogP contribution in [0.1, 0.15) is 30.4 Å². The summed E-state index contributed by atoms with van der Waals surface area (Å²) in [6.45, 7) is 6.11. The minimum atomic E-state index is 0.521. The van der Waals surface area contributed by atoms with Crippen LogP contribution in [-0.4, -0.2) is 19.2 Å². The minimum absolute atomic E-state index is 0.521. The maximum Gasteiger partial charge on any atom is 0.119 e. The zero-order valence-electron chi connectivity index (χ0n) is 10.6. The van der Waals surface area contributed by atoms with E-state index in [0.29, 0.717) is 6.04 Å². The molecule has 1 saturated heterocycles. The first kappa shape index (κ1) is 12.9. The molecular weight excluding hydrogens is 278 g/mol. The van der Waals surface area contributed by atoms with Gasteiger partial charge in [-0.1, -0.05) is 22.4 Å². The van der Waals surface area contributed by atoms with Crippen LogP contribution in [0.5, 0.6) is 5.75 Å². The highest BCUT2D eigenvalue weighted by Gasteiger charge is 2.13. The van der Waals surface area contributed by atoms with Crippen molar-refractivity contribution in [1.82, 2.24) is 5.32 Å². The molecule has 2 rings (SSSR count). The number of hydrogen-bond acceptors (Lipinski definition) is 2. The van der Waals surface area contributed by atoms with E-state index in [0.717, 1.165) is 18.9 Å². The SMILES string of the molecule is Cc1cc(OCC2CCCCN2)cc(C)c1Br. The van der Waals surface area contributed by atoms with Crippen molar-refractivity contribution in [1.29, 1.82) is 0 Å². The summed E-state index contributed by atoms with van der Waals surface area (Å²) in [5.41, 5.74) is 2.47. The molecule has 1 fully saturated rings. The predicted molar refractivity (Wildman–Crippen MR) is 74.8 cm³/mol. The van der Waals surface area contributed by atoms with E-state index in [4.69, 9.17) is 4.74 Å². The van der Waals surface area contributed by atoms with Gasteiger partial charge >= 0.3 is 0 Å². The topological polar surface area (TPSA) is 21.3 Å². The number of ether oxygens (including phenoxy) is 1. The molecule has 2 nitrogen and oxygen atoms in total. The zero-order chi connectivity index (χ0) is 12.3. The highest BCUT2D eigenvalue weighted by Crippen LogP contribution is 2.26. The molecule has 1 heterocycles. The van der Waals surface area contributed by atoms with Crippen molar-refractivity contribution in [3.8, 4) is 5.75 Å². The Balaban J connectivity index is 1.94. The van der Waals surface area contributed by atoms with Crippen LogP contribution in [0, 0.1) is 13.8 Å². The van der Waals surface area contributed by atoms with Crippen molar-refractivity contribution in [3.05, 3.63) is 27.7 Å². The van der Waals surface area contributed by atoms with E-state index in [1.165, 1.54) is 34.9 Å². The van der Waals surface area contributed by atoms with Crippen LogP contribution in [0.3, 0.4) is 0 Å². The van der Waals surface area contributed by atoms with Crippen LogP contribution in [0.15, 0.2) is 16.6 Å². The molecule has 17 heavy (non-hydrogen) atoms. The molecule has 3 heteroatoms. The molecule has 0 amide bonds. The first-order chi connectivity index (χ1) is 8.16. The van der Waals surface area contributed by atoms with Gasteiger partial charge in [0.05, 0.1) is 0 Å². The van der Waals surface area contributed by atoms with Crippen molar-refractivity contribution in [2.24, 2.45) is 0 Å². The highest BCUT2D eigenvalue weighted by atomic mass is 79.9. The summed E-state index contributed by atoms with van der Waals surface area (Å²) in [6, 6.07) is 4.72. The third-order valence-corrected chi connectivity index (χ3v) is 4.52. The average Bonchev–Trinajstić information content (AvgIpc) is 2.34. The largest absolute Gasteiger partial charge is 0.492 e. The number of hydrogen-bond donors (Lipinski definition) is 1. The fraction of sp³-hybridized carbons (Fsp3) is 0.571. The van der Waals surface area contributed by atoms with Gasteiger partial charge in [0.15, 0.2) is 0 Å². The fourth-order valence-corrected chi connectivity index (χ4v) is 2.48.